The zero-order chi connectivity index (χ0) is 12.4. The summed E-state index contributed by atoms with van der Waals surface area (Å²) in [6, 6.07) is 3.05. The van der Waals surface area contributed by atoms with E-state index in [1.165, 1.54) is 6.07 Å². The average Bonchev–Trinajstić information content (AvgIpc) is 2.29. The van der Waals surface area contributed by atoms with Gasteiger partial charge in [0.1, 0.15) is 11.6 Å². The first-order valence-corrected chi connectivity index (χ1v) is 5.56. The third-order valence-electron chi connectivity index (χ3n) is 2.92. The maximum absolute atomic E-state index is 13.5. The Morgan fingerprint density at radius 2 is 2.17 bits per heavy atom. The minimum Gasteiger partial charge on any atom is -0.333 e. The number of amides is 1. The standard InChI is InChI=1S/C12H14F2N2O.ClH/c1-8-7-15-4-5-16(8)12(17)10-3-2-9(13)6-11(10)14;/h2-3,6,8,15H,4-5,7H2,1H3;1H/t8-;/m1./s1. The fraction of sp³-hybridized carbons (Fsp3) is 0.417. The molecule has 0 saturated carbocycles. The second-order valence-corrected chi connectivity index (χ2v) is 4.18. The van der Waals surface area contributed by atoms with Crippen molar-refractivity contribution in [3.05, 3.63) is 35.4 Å². The van der Waals surface area contributed by atoms with Gasteiger partial charge in [0.15, 0.2) is 0 Å². The molecule has 0 bridgehead atoms. The first-order chi connectivity index (χ1) is 8.09. The number of nitrogens with zero attached hydrogens (tertiary/aromatic N) is 1. The Balaban J connectivity index is 0.00000162. The van der Waals surface area contributed by atoms with Crippen molar-refractivity contribution in [2.24, 2.45) is 0 Å². The summed E-state index contributed by atoms with van der Waals surface area (Å²) in [5.41, 5.74) is -0.0693. The molecule has 2 rings (SSSR count). The number of nitrogens with one attached hydrogen (secondary N) is 1. The molecule has 0 spiro atoms. The summed E-state index contributed by atoms with van der Waals surface area (Å²) in [5, 5.41) is 3.15. The zero-order valence-electron chi connectivity index (χ0n) is 9.95. The topological polar surface area (TPSA) is 32.3 Å². The molecule has 1 aromatic rings. The van der Waals surface area contributed by atoms with Gasteiger partial charge < -0.3 is 10.2 Å². The van der Waals surface area contributed by atoms with Gasteiger partial charge in [0.25, 0.3) is 5.91 Å². The molecule has 18 heavy (non-hydrogen) atoms. The van der Waals surface area contributed by atoms with Crippen molar-refractivity contribution in [2.75, 3.05) is 19.6 Å². The third-order valence-corrected chi connectivity index (χ3v) is 2.92. The number of benzene rings is 1. The predicted octanol–water partition coefficient (Wildman–Crippen LogP) is 1.82. The lowest BCUT2D eigenvalue weighted by Gasteiger charge is -2.34. The van der Waals surface area contributed by atoms with E-state index in [0.29, 0.717) is 19.6 Å². The highest BCUT2D eigenvalue weighted by Gasteiger charge is 2.25. The fourth-order valence-electron chi connectivity index (χ4n) is 1.96. The molecule has 1 heterocycles. The van der Waals surface area contributed by atoms with Crippen LogP contribution >= 0.6 is 12.4 Å². The molecule has 1 fully saturated rings. The van der Waals surface area contributed by atoms with Crippen LogP contribution in [0.15, 0.2) is 18.2 Å². The summed E-state index contributed by atoms with van der Waals surface area (Å²) in [5.74, 6) is -1.86. The molecule has 1 saturated heterocycles. The van der Waals surface area contributed by atoms with Crippen molar-refractivity contribution in [3.63, 3.8) is 0 Å². The highest BCUT2D eigenvalue weighted by molar-refractivity contribution is 5.94. The Labute approximate surface area is 111 Å². The zero-order valence-corrected chi connectivity index (χ0v) is 10.8. The second-order valence-electron chi connectivity index (χ2n) is 4.18. The van der Waals surface area contributed by atoms with Crippen LogP contribution in [0.4, 0.5) is 8.78 Å². The molecule has 1 aliphatic heterocycles. The quantitative estimate of drug-likeness (QED) is 0.849. The molecule has 0 aliphatic carbocycles. The summed E-state index contributed by atoms with van der Waals surface area (Å²) in [6.45, 7) is 3.82. The summed E-state index contributed by atoms with van der Waals surface area (Å²) >= 11 is 0. The number of halogens is 3. The number of carbonyl (C=O) groups is 1. The van der Waals surface area contributed by atoms with E-state index in [1.54, 1.807) is 4.90 Å². The smallest absolute Gasteiger partial charge is 0.257 e. The summed E-state index contributed by atoms with van der Waals surface area (Å²) in [7, 11) is 0. The molecule has 0 aromatic heterocycles. The van der Waals surface area contributed by atoms with E-state index < -0.39 is 11.6 Å². The van der Waals surface area contributed by atoms with Gasteiger partial charge in [-0.25, -0.2) is 8.78 Å². The average molecular weight is 277 g/mol. The Kier molecular flexibility index (Phi) is 5.04. The molecule has 1 atom stereocenters. The van der Waals surface area contributed by atoms with Gasteiger partial charge in [0, 0.05) is 31.7 Å². The largest absolute Gasteiger partial charge is 0.333 e. The van der Waals surface area contributed by atoms with E-state index >= 15 is 0 Å². The lowest BCUT2D eigenvalue weighted by molar-refractivity contribution is 0.0651. The van der Waals surface area contributed by atoms with Crippen LogP contribution < -0.4 is 5.32 Å². The second kappa shape index (κ2) is 6.11. The first kappa shape index (κ1) is 14.9. The number of rotatable bonds is 1. The minimum absolute atomic E-state index is 0. The van der Waals surface area contributed by atoms with Crippen LogP contribution in [-0.4, -0.2) is 36.5 Å². The molecule has 1 aromatic carbocycles. The highest BCUT2D eigenvalue weighted by Crippen LogP contribution is 2.14. The summed E-state index contributed by atoms with van der Waals surface area (Å²) in [6.07, 6.45) is 0. The maximum atomic E-state index is 13.5. The SMILES string of the molecule is C[C@@H]1CNCCN1C(=O)c1ccc(F)cc1F.Cl. The molecule has 6 heteroatoms. The Bertz CT molecular complexity index is 442. The molecular formula is C12H15ClF2N2O. The van der Waals surface area contributed by atoms with Crippen molar-refractivity contribution < 1.29 is 13.6 Å². The Morgan fingerprint density at radius 3 is 2.78 bits per heavy atom. The van der Waals surface area contributed by atoms with Crippen molar-refractivity contribution >= 4 is 18.3 Å². The van der Waals surface area contributed by atoms with Crippen LogP contribution in [0.5, 0.6) is 0 Å². The van der Waals surface area contributed by atoms with Gasteiger partial charge in [0.2, 0.25) is 0 Å². The van der Waals surface area contributed by atoms with E-state index in [-0.39, 0.29) is 29.9 Å². The predicted molar refractivity (Wildman–Crippen MR) is 67.0 cm³/mol. The molecule has 0 radical (unpaired) electrons. The molecule has 100 valence electrons. The molecule has 1 N–H and O–H groups in total. The van der Waals surface area contributed by atoms with Crippen LogP contribution in [0.2, 0.25) is 0 Å². The van der Waals surface area contributed by atoms with Crippen LogP contribution in [0.25, 0.3) is 0 Å². The van der Waals surface area contributed by atoms with Gasteiger partial charge in [-0.05, 0) is 19.1 Å². The lowest BCUT2D eigenvalue weighted by Crippen LogP contribution is -2.52. The summed E-state index contributed by atoms with van der Waals surface area (Å²) in [4.78, 5) is 13.7. The third kappa shape index (κ3) is 2.97. The van der Waals surface area contributed by atoms with Crippen molar-refractivity contribution in [1.82, 2.24) is 10.2 Å². The molecule has 3 nitrogen and oxygen atoms in total. The van der Waals surface area contributed by atoms with E-state index in [1.807, 2.05) is 6.92 Å². The molecule has 0 unspecified atom stereocenters. The van der Waals surface area contributed by atoms with E-state index in [9.17, 15) is 13.6 Å². The van der Waals surface area contributed by atoms with Gasteiger partial charge in [-0.1, -0.05) is 0 Å². The van der Waals surface area contributed by atoms with Crippen molar-refractivity contribution in [2.45, 2.75) is 13.0 Å². The summed E-state index contributed by atoms with van der Waals surface area (Å²) < 4.78 is 26.2. The van der Waals surface area contributed by atoms with E-state index in [0.717, 1.165) is 12.1 Å². The Morgan fingerprint density at radius 1 is 1.44 bits per heavy atom. The maximum Gasteiger partial charge on any atom is 0.257 e. The van der Waals surface area contributed by atoms with Gasteiger partial charge >= 0.3 is 0 Å². The van der Waals surface area contributed by atoms with Gasteiger partial charge in [-0.2, -0.15) is 0 Å². The lowest BCUT2D eigenvalue weighted by atomic mass is 10.1. The van der Waals surface area contributed by atoms with Crippen LogP contribution in [0.3, 0.4) is 0 Å². The first-order valence-electron chi connectivity index (χ1n) is 5.56. The van der Waals surface area contributed by atoms with E-state index in [4.69, 9.17) is 0 Å². The number of carbonyl (C=O) groups excluding carboxylic acids is 1. The molecule has 1 amide bonds. The monoisotopic (exact) mass is 276 g/mol. The molecular weight excluding hydrogens is 262 g/mol. The number of hydrogen-bond acceptors (Lipinski definition) is 2. The van der Waals surface area contributed by atoms with E-state index in [2.05, 4.69) is 5.32 Å². The van der Waals surface area contributed by atoms with Crippen LogP contribution in [-0.2, 0) is 0 Å². The minimum atomic E-state index is -0.805. The van der Waals surface area contributed by atoms with Gasteiger partial charge in [-0.3, -0.25) is 4.79 Å². The van der Waals surface area contributed by atoms with Crippen LogP contribution in [0, 0.1) is 11.6 Å². The van der Waals surface area contributed by atoms with Gasteiger partial charge in [-0.15, -0.1) is 12.4 Å². The van der Waals surface area contributed by atoms with Crippen molar-refractivity contribution in [3.8, 4) is 0 Å². The van der Waals surface area contributed by atoms with Crippen molar-refractivity contribution in [1.29, 1.82) is 0 Å². The Hall–Kier alpha value is -1.20. The van der Waals surface area contributed by atoms with Crippen LogP contribution in [0.1, 0.15) is 17.3 Å². The number of piperazine rings is 1. The highest BCUT2D eigenvalue weighted by atomic mass is 35.5. The normalized spacial score (nSPS) is 19.3. The molecule has 1 aliphatic rings. The number of hydrogen-bond donors (Lipinski definition) is 1. The van der Waals surface area contributed by atoms with Gasteiger partial charge in [0.05, 0.1) is 5.56 Å². The fourth-order valence-corrected chi connectivity index (χ4v) is 1.96.